The second-order valence-corrected chi connectivity index (χ2v) is 6.99. The lowest BCUT2D eigenvalue weighted by molar-refractivity contribution is -0.118. The van der Waals surface area contributed by atoms with Gasteiger partial charge in [0.15, 0.2) is 0 Å². The van der Waals surface area contributed by atoms with E-state index in [1.807, 2.05) is 30.5 Å². The molecular weight excluding hydrogens is 376 g/mol. The second kappa shape index (κ2) is 9.13. The first-order chi connectivity index (χ1) is 14.0. The smallest absolute Gasteiger partial charge is 0.227 e. The Morgan fingerprint density at radius 1 is 1.14 bits per heavy atom. The number of aliphatic hydroxyl groups excluding tert-OH is 1. The number of anilines is 1. The zero-order valence-electron chi connectivity index (χ0n) is 16.7. The molecule has 0 spiro atoms. The van der Waals surface area contributed by atoms with Crippen molar-refractivity contribution < 1.29 is 18.7 Å². The maximum atomic E-state index is 14.5. The Balaban J connectivity index is 2.09. The molecule has 154 valence electrons. The highest BCUT2D eigenvalue weighted by Gasteiger charge is 2.23. The third-order valence-corrected chi connectivity index (χ3v) is 4.78. The van der Waals surface area contributed by atoms with Crippen LogP contribution in [0.25, 0.3) is 11.0 Å². The molecule has 0 atom stereocenters. The highest BCUT2D eigenvalue weighted by atomic mass is 19.1. The molecule has 29 heavy (non-hydrogen) atoms. The molecule has 0 saturated heterocycles. The summed E-state index contributed by atoms with van der Waals surface area (Å²) in [4.78, 5) is 18.7. The number of aromatic nitrogens is 2. The molecule has 0 bridgehead atoms. The normalized spacial score (nSPS) is 11.2. The van der Waals surface area contributed by atoms with Crippen molar-refractivity contribution in [2.24, 2.45) is 0 Å². The molecule has 3 rings (SSSR count). The molecule has 0 fully saturated rings. The van der Waals surface area contributed by atoms with Gasteiger partial charge in [-0.1, -0.05) is 19.9 Å². The lowest BCUT2D eigenvalue weighted by Gasteiger charge is -2.23. The van der Waals surface area contributed by atoms with E-state index in [1.54, 1.807) is 6.07 Å². The molecule has 3 aromatic rings. The third kappa shape index (κ3) is 4.45. The first-order valence-electron chi connectivity index (χ1n) is 9.82. The number of carbonyl (C=O) groups excluding carboxylic acids is 1. The average Bonchev–Trinajstić information content (AvgIpc) is 3.05. The Hall–Kier alpha value is -2.80. The summed E-state index contributed by atoms with van der Waals surface area (Å²) in [6, 6.07) is 8.61. The molecule has 0 aliphatic carbocycles. The van der Waals surface area contributed by atoms with E-state index >= 15 is 0 Å². The number of fused-ring (bicyclic) bond motifs is 1. The molecule has 0 aliphatic heterocycles. The van der Waals surface area contributed by atoms with Crippen LogP contribution in [0.5, 0.6) is 0 Å². The lowest BCUT2D eigenvalue weighted by Crippen LogP contribution is -2.32. The van der Waals surface area contributed by atoms with Gasteiger partial charge in [0.1, 0.15) is 17.5 Å². The van der Waals surface area contributed by atoms with Crippen LogP contribution in [0.4, 0.5) is 14.5 Å². The average molecular weight is 401 g/mol. The van der Waals surface area contributed by atoms with E-state index in [-0.39, 0.29) is 31.2 Å². The van der Waals surface area contributed by atoms with Gasteiger partial charge in [0, 0.05) is 19.0 Å². The summed E-state index contributed by atoms with van der Waals surface area (Å²) in [5, 5.41) is 9.39. The first kappa shape index (κ1) is 20.9. The predicted octanol–water partition coefficient (Wildman–Crippen LogP) is 4.55. The summed E-state index contributed by atoms with van der Waals surface area (Å²) >= 11 is 0. The van der Waals surface area contributed by atoms with Gasteiger partial charge in [-0.3, -0.25) is 4.79 Å². The summed E-state index contributed by atoms with van der Waals surface area (Å²) in [7, 11) is 0. The predicted molar refractivity (Wildman–Crippen MR) is 108 cm³/mol. The number of rotatable bonds is 8. The highest BCUT2D eigenvalue weighted by molar-refractivity contribution is 5.93. The first-order valence-corrected chi connectivity index (χ1v) is 9.82. The fourth-order valence-corrected chi connectivity index (χ4v) is 3.41. The molecule has 1 heterocycles. The van der Waals surface area contributed by atoms with E-state index in [1.165, 1.54) is 4.90 Å². The molecule has 1 amide bonds. The fourth-order valence-electron chi connectivity index (χ4n) is 3.41. The minimum atomic E-state index is -0.656. The Labute approximate surface area is 168 Å². The highest BCUT2D eigenvalue weighted by Crippen LogP contribution is 2.26. The zero-order chi connectivity index (χ0) is 21.0. The summed E-state index contributed by atoms with van der Waals surface area (Å²) in [6.45, 7) is 4.50. The molecule has 0 saturated carbocycles. The van der Waals surface area contributed by atoms with Gasteiger partial charge in [0.05, 0.1) is 29.9 Å². The number of carbonyl (C=O) groups is 1. The summed E-state index contributed by atoms with van der Waals surface area (Å²) in [5.41, 5.74) is 2.22. The molecule has 0 unspecified atom stereocenters. The topological polar surface area (TPSA) is 58.4 Å². The molecule has 1 aromatic heterocycles. The van der Waals surface area contributed by atoms with E-state index in [0.29, 0.717) is 24.3 Å². The van der Waals surface area contributed by atoms with Crippen molar-refractivity contribution in [2.45, 2.75) is 52.8 Å². The summed E-state index contributed by atoms with van der Waals surface area (Å²) in [5.74, 6) is -0.963. The Kier molecular flexibility index (Phi) is 6.59. The summed E-state index contributed by atoms with van der Waals surface area (Å²) < 4.78 is 30.2. The Morgan fingerprint density at radius 3 is 2.62 bits per heavy atom. The van der Waals surface area contributed by atoms with Crippen molar-refractivity contribution in [1.29, 1.82) is 0 Å². The van der Waals surface area contributed by atoms with Crippen molar-refractivity contribution in [2.75, 3.05) is 4.90 Å². The Bertz CT molecular complexity index is 1020. The number of amides is 1. The van der Waals surface area contributed by atoms with Crippen molar-refractivity contribution >= 4 is 22.6 Å². The number of benzene rings is 2. The zero-order valence-corrected chi connectivity index (χ0v) is 16.7. The molecule has 2 aromatic carbocycles. The van der Waals surface area contributed by atoms with Crippen molar-refractivity contribution in [3.63, 3.8) is 0 Å². The van der Waals surface area contributed by atoms with Gasteiger partial charge >= 0.3 is 0 Å². The van der Waals surface area contributed by atoms with Gasteiger partial charge in [-0.2, -0.15) is 0 Å². The number of hydrogen-bond acceptors (Lipinski definition) is 3. The number of hydrogen-bond donors (Lipinski definition) is 1. The van der Waals surface area contributed by atoms with Crippen LogP contribution in [0.2, 0.25) is 0 Å². The van der Waals surface area contributed by atoms with Crippen LogP contribution in [-0.4, -0.2) is 20.6 Å². The van der Waals surface area contributed by atoms with Crippen LogP contribution in [0, 0.1) is 11.6 Å². The van der Waals surface area contributed by atoms with Crippen molar-refractivity contribution in [3.05, 3.63) is 59.4 Å². The fraction of sp³-hybridized carbons (Fsp3) is 0.364. The van der Waals surface area contributed by atoms with Crippen LogP contribution in [0.3, 0.4) is 0 Å². The number of halogens is 2. The monoisotopic (exact) mass is 401 g/mol. The maximum absolute atomic E-state index is 14.5. The maximum Gasteiger partial charge on any atom is 0.227 e. The number of aliphatic hydroxyl groups is 1. The summed E-state index contributed by atoms with van der Waals surface area (Å²) in [6.07, 6.45) is 1.66. The number of imidazole rings is 1. The largest absolute Gasteiger partial charge is 0.392 e. The van der Waals surface area contributed by atoms with Gasteiger partial charge in [-0.05, 0) is 42.7 Å². The second-order valence-electron chi connectivity index (χ2n) is 6.99. The van der Waals surface area contributed by atoms with E-state index < -0.39 is 11.6 Å². The molecule has 7 heteroatoms. The number of aryl methyl sites for hydroxylation is 1. The van der Waals surface area contributed by atoms with Gasteiger partial charge in [0.2, 0.25) is 5.91 Å². The van der Waals surface area contributed by atoms with Crippen LogP contribution < -0.4 is 4.90 Å². The van der Waals surface area contributed by atoms with E-state index in [9.17, 15) is 18.7 Å². The lowest BCUT2D eigenvalue weighted by atomic mass is 10.2. The van der Waals surface area contributed by atoms with Crippen molar-refractivity contribution in [3.8, 4) is 0 Å². The molecule has 1 N–H and O–H groups in total. The van der Waals surface area contributed by atoms with Crippen LogP contribution in [0.15, 0.2) is 36.4 Å². The van der Waals surface area contributed by atoms with Gasteiger partial charge < -0.3 is 14.6 Å². The van der Waals surface area contributed by atoms with Crippen LogP contribution in [0.1, 0.15) is 44.5 Å². The molecule has 0 aliphatic rings. The van der Waals surface area contributed by atoms with E-state index in [2.05, 4.69) is 4.98 Å². The van der Waals surface area contributed by atoms with Crippen LogP contribution in [-0.2, 0) is 24.5 Å². The minimum Gasteiger partial charge on any atom is -0.392 e. The number of nitrogens with zero attached hydrogens (tertiary/aromatic N) is 3. The van der Waals surface area contributed by atoms with Gasteiger partial charge in [-0.25, -0.2) is 13.8 Å². The molecule has 0 radical (unpaired) electrons. The third-order valence-electron chi connectivity index (χ3n) is 4.78. The van der Waals surface area contributed by atoms with Crippen molar-refractivity contribution in [1.82, 2.24) is 9.55 Å². The minimum absolute atomic E-state index is 0.0301. The quantitative estimate of drug-likeness (QED) is 0.602. The SMILES string of the molecule is CCCC(=O)N(Cc1nc2cc(CO)ccc2n1CCC)c1cc(F)ccc1F. The van der Waals surface area contributed by atoms with Gasteiger partial charge in [0.25, 0.3) is 0 Å². The van der Waals surface area contributed by atoms with Crippen LogP contribution >= 0.6 is 0 Å². The standard InChI is InChI=1S/C22H25F2N3O2/c1-3-5-22(29)27(20-12-16(23)7-8-17(20)24)13-21-25-18-11-15(14-28)6-9-19(18)26(21)10-4-2/h6-9,11-12,28H,3-5,10,13-14H2,1-2H3. The van der Waals surface area contributed by atoms with E-state index in [4.69, 9.17) is 0 Å². The Morgan fingerprint density at radius 2 is 1.93 bits per heavy atom. The molecule has 5 nitrogen and oxygen atoms in total. The van der Waals surface area contributed by atoms with Gasteiger partial charge in [-0.15, -0.1) is 0 Å². The van der Waals surface area contributed by atoms with E-state index in [0.717, 1.165) is 35.7 Å². The molecular formula is C22H25F2N3O2.